The predicted octanol–water partition coefficient (Wildman–Crippen LogP) is 4.73. The van der Waals surface area contributed by atoms with Crippen molar-refractivity contribution in [3.63, 3.8) is 0 Å². The van der Waals surface area contributed by atoms with Crippen LogP contribution in [0.25, 0.3) is 0 Å². The van der Waals surface area contributed by atoms with Crippen molar-refractivity contribution in [1.29, 1.82) is 0 Å². The third-order valence-corrected chi connectivity index (χ3v) is 6.91. The van der Waals surface area contributed by atoms with Crippen molar-refractivity contribution >= 4 is 29.1 Å². The zero-order chi connectivity index (χ0) is 23.8. The number of hydrogen-bond acceptors (Lipinski definition) is 6. The summed E-state index contributed by atoms with van der Waals surface area (Å²) < 4.78 is 5.61. The van der Waals surface area contributed by atoms with Gasteiger partial charge in [0.2, 0.25) is 5.91 Å². The molecule has 32 heavy (non-hydrogen) atoms. The van der Waals surface area contributed by atoms with E-state index in [4.69, 9.17) is 4.74 Å². The van der Waals surface area contributed by atoms with Gasteiger partial charge in [0, 0.05) is 44.3 Å². The molecule has 2 rings (SSSR count). The topological polar surface area (TPSA) is 88.6 Å². The highest BCUT2D eigenvalue weighted by molar-refractivity contribution is 7.09. The zero-order valence-corrected chi connectivity index (χ0v) is 21.2. The number of nitrogens with zero attached hydrogens (tertiary/aromatic N) is 2. The number of hydrogen-bond donors (Lipinski definition) is 1. The fourth-order valence-electron chi connectivity index (χ4n) is 4.22. The highest BCUT2D eigenvalue weighted by Crippen LogP contribution is 2.31. The third-order valence-electron chi connectivity index (χ3n) is 5.98. The van der Waals surface area contributed by atoms with Crippen molar-refractivity contribution in [2.75, 3.05) is 7.05 Å². The van der Waals surface area contributed by atoms with Crippen LogP contribution in [0.5, 0.6) is 0 Å². The second-order valence-corrected chi connectivity index (χ2v) is 10.5. The molecule has 1 aromatic heterocycles. The highest BCUT2D eigenvalue weighted by atomic mass is 32.1. The molecule has 1 aliphatic rings. The molecule has 0 unspecified atom stereocenters. The molecule has 7 nitrogen and oxygen atoms in total. The van der Waals surface area contributed by atoms with Gasteiger partial charge in [0.15, 0.2) is 6.10 Å². The molecule has 0 saturated heterocycles. The smallest absolute Gasteiger partial charge is 0.303 e. The molecule has 1 heterocycles. The van der Waals surface area contributed by atoms with Gasteiger partial charge >= 0.3 is 5.97 Å². The van der Waals surface area contributed by atoms with Gasteiger partial charge in [-0.05, 0) is 24.7 Å². The van der Waals surface area contributed by atoms with Crippen molar-refractivity contribution < 1.29 is 19.1 Å². The Morgan fingerprint density at radius 3 is 2.41 bits per heavy atom. The van der Waals surface area contributed by atoms with Gasteiger partial charge in [-0.1, -0.05) is 47.0 Å². The lowest BCUT2D eigenvalue weighted by Gasteiger charge is -2.34. The Kier molecular flexibility index (Phi) is 10.1. The van der Waals surface area contributed by atoms with Gasteiger partial charge in [0.25, 0.3) is 5.91 Å². The lowest BCUT2D eigenvalue weighted by molar-refractivity contribution is -0.148. The van der Waals surface area contributed by atoms with Crippen LogP contribution < -0.4 is 5.32 Å². The molecule has 0 aromatic carbocycles. The van der Waals surface area contributed by atoms with E-state index in [1.807, 2.05) is 20.9 Å². The summed E-state index contributed by atoms with van der Waals surface area (Å²) in [5.41, 5.74) is 0.359. The van der Waals surface area contributed by atoms with Crippen LogP contribution >= 0.6 is 11.3 Å². The van der Waals surface area contributed by atoms with Gasteiger partial charge in [-0.15, -0.1) is 11.3 Å². The molecule has 1 saturated carbocycles. The number of carbonyl (C=O) groups is 3. The fourth-order valence-corrected chi connectivity index (χ4v) is 5.06. The zero-order valence-electron chi connectivity index (χ0n) is 20.3. The lowest BCUT2D eigenvalue weighted by Crippen LogP contribution is -2.42. The van der Waals surface area contributed by atoms with Crippen LogP contribution in [0.2, 0.25) is 0 Å². The van der Waals surface area contributed by atoms with Gasteiger partial charge in [-0.2, -0.15) is 0 Å². The molecular weight excluding hydrogens is 426 g/mol. The third kappa shape index (κ3) is 7.87. The first-order chi connectivity index (χ1) is 15.1. The van der Waals surface area contributed by atoms with Crippen LogP contribution in [0.15, 0.2) is 5.38 Å². The molecule has 8 heteroatoms. The minimum atomic E-state index is -0.601. The number of carbonyl (C=O) groups excluding carboxylic acids is 3. The van der Waals surface area contributed by atoms with E-state index in [-0.39, 0.29) is 35.7 Å². The molecule has 1 fully saturated rings. The summed E-state index contributed by atoms with van der Waals surface area (Å²) in [5, 5.41) is 5.39. The Labute approximate surface area is 196 Å². The Bertz CT molecular complexity index is 771. The van der Waals surface area contributed by atoms with Crippen molar-refractivity contribution in [1.82, 2.24) is 15.2 Å². The number of amides is 2. The van der Waals surface area contributed by atoms with Crippen molar-refractivity contribution in [3.05, 3.63) is 16.1 Å². The van der Waals surface area contributed by atoms with E-state index < -0.39 is 12.1 Å². The molecule has 0 radical (unpaired) electrons. The second-order valence-electron chi connectivity index (χ2n) is 9.63. The maximum atomic E-state index is 12.7. The Morgan fingerprint density at radius 1 is 1.19 bits per heavy atom. The number of rotatable bonds is 10. The monoisotopic (exact) mass is 465 g/mol. The van der Waals surface area contributed by atoms with Crippen molar-refractivity contribution in [3.8, 4) is 0 Å². The number of thiazole rings is 1. The molecule has 0 bridgehead atoms. The summed E-state index contributed by atoms with van der Waals surface area (Å²) in [7, 11) is 1.81. The molecule has 1 aromatic rings. The Hall–Kier alpha value is -1.96. The number of nitrogens with one attached hydrogen (secondary N) is 1. The van der Waals surface area contributed by atoms with Gasteiger partial charge in [-0.3, -0.25) is 14.4 Å². The number of aromatic nitrogens is 1. The van der Waals surface area contributed by atoms with Crippen LogP contribution in [0.1, 0.15) is 101 Å². The first kappa shape index (κ1) is 26.3. The molecule has 1 aliphatic carbocycles. The number of ether oxygens (including phenoxy) is 1. The van der Waals surface area contributed by atoms with Crippen molar-refractivity contribution in [2.45, 2.75) is 97.8 Å². The van der Waals surface area contributed by atoms with E-state index in [1.165, 1.54) is 24.7 Å². The highest BCUT2D eigenvalue weighted by Gasteiger charge is 2.31. The van der Waals surface area contributed by atoms with E-state index in [9.17, 15) is 14.4 Å². The van der Waals surface area contributed by atoms with E-state index >= 15 is 0 Å². The Balaban J connectivity index is 2.15. The van der Waals surface area contributed by atoms with E-state index in [0.29, 0.717) is 23.5 Å². The van der Waals surface area contributed by atoms with Crippen LogP contribution in [0.4, 0.5) is 0 Å². The molecule has 0 spiro atoms. The minimum Gasteiger partial charge on any atom is -0.455 e. The Morgan fingerprint density at radius 2 is 1.84 bits per heavy atom. The molecule has 2 atom stereocenters. The predicted molar refractivity (Wildman–Crippen MR) is 126 cm³/mol. The quantitative estimate of drug-likeness (QED) is 0.505. The van der Waals surface area contributed by atoms with Crippen LogP contribution in [-0.2, 0) is 14.3 Å². The summed E-state index contributed by atoms with van der Waals surface area (Å²) in [6.07, 6.45) is 5.83. The SMILES string of the molecule is CC(=O)O[C@H](C[C@H](C(C)C)N(C)C(=O)CC(C)C)c1nc(C(=O)NC2CCCCC2)cs1. The average molecular weight is 466 g/mol. The van der Waals surface area contributed by atoms with Gasteiger partial charge < -0.3 is 15.0 Å². The van der Waals surface area contributed by atoms with Gasteiger partial charge in [0.05, 0.1) is 0 Å². The lowest BCUT2D eigenvalue weighted by atomic mass is 9.95. The number of esters is 1. The molecular formula is C24H39N3O4S. The largest absolute Gasteiger partial charge is 0.455 e. The molecule has 1 N–H and O–H groups in total. The van der Waals surface area contributed by atoms with Gasteiger partial charge in [0.1, 0.15) is 10.7 Å². The maximum absolute atomic E-state index is 12.7. The van der Waals surface area contributed by atoms with E-state index in [2.05, 4.69) is 24.1 Å². The van der Waals surface area contributed by atoms with Crippen LogP contribution in [0.3, 0.4) is 0 Å². The van der Waals surface area contributed by atoms with Crippen molar-refractivity contribution in [2.24, 2.45) is 11.8 Å². The van der Waals surface area contributed by atoms with E-state index in [0.717, 1.165) is 25.7 Å². The summed E-state index contributed by atoms with van der Waals surface area (Å²) >= 11 is 1.32. The van der Waals surface area contributed by atoms with Crippen LogP contribution in [0, 0.1) is 11.8 Å². The standard InChI is InChI=1S/C24H39N3O4S/c1-15(2)12-22(29)27(6)20(16(3)4)13-21(31-17(5)28)24-26-19(14-32-24)23(30)25-18-10-8-7-9-11-18/h14-16,18,20-21H,7-13H2,1-6H3,(H,25,30)/t20-,21-/m1/s1. The average Bonchev–Trinajstić information content (AvgIpc) is 3.20. The summed E-state index contributed by atoms with van der Waals surface area (Å²) in [5.74, 6) is -0.0657. The second kappa shape index (κ2) is 12.3. The minimum absolute atomic E-state index is 0.0759. The maximum Gasteiger partial charge on any atom is 0.303 e. The first-order valence-corrected chi connectivity index (χ1v) is 12.7. The summed E-state index contributed by atoms with van der Waals surface area (Å²) in [4.78, 5) is 43.5. The molecule has 0 aliphatic heterocycles. The first-order valence-electron chi connectivity index (χ1n) is 11.8. The summed E-state index contributed by atoms with van der Waals surface area (Å²) in [6, 6.07) is 0.0885. The van der Waals surface area contributed by atoms with Gasteiger partial charge in [-0.25, -0.2) is 4.98 Å². The fraction of sp³-hybridized carbons (Fsp3) is 0.750. The van der Waals surface area contributed by atoms with E-state index in [1.54, 1.807) is 10.3 Å². The normalized spacial score (nSPS) is 16.6. The summed E-state index contributed by atoms with van der Waals surface area (Å²) in [6.45, 7) is 9.52. The molecule has 180 valence electrons. The molecule has 2 amide bonds. The van der Waals surface area contributed by atoms with Crippen LogP contribution in [-0.4, -0.2) is 46.8 Å².